The molecule has 0 aliphatic carbocycles. The van der Waals surface area contributed by atoms with Gasteiger partial charge in [-0.15, -0.1) is 0 Å². The van der Waals surface area contributed by atoms with Crippen LogP contribution in [0.3, 0.4) is 0 Å². The molecule has 0 amide bonds. The monoisotopic (exact) mass is 216 g/mol. The van der Waals surface area contributed by atoms with Gasteiger partial charge in [0.2, 0.25) is 0 Å². The largest absolute Gasteiger partial charge is 0.323 e. The van der Waals surface area contributed by atoms with Gasteiger partial charge in [0.05, 0.1) is 5.69 Å². The molecule has 0 aromatic carbocycles. The van der Waals surface area contributed by atoms with E-state index >= 15 is 0 Å². The Balaban J connectivity index is 1.91. The molecule has 0 radical (unpaired) electrons. The summed E-state index contributed by atoms with van der Waals surface area (Å²) in [5.74, 6) is 0. The lowest BCUT2D eigenvalue weighted by molar-refractivity contribution is 0.612. The Hall–Kier alpha value is -1.68. The van der Waals surface area contributed by atoms with Crippen LogP contribution in [0.15, 0.2) is 36.8 Å². The second kappa shape index (κ2) is 4.90. The van der Waals surface area contributed by atoms with Crippen molar-refractivity contribution in [2.24, 2.45) is 12.8 Å². The maximum Gasteiger partial charge on any atom is 0.0791 e. The summed E-state index contributed by atoms with van der Waals surface area (Å²) in [6.45, 7) is 0. The van der Waals surface area contributed by atoms with Crippen molar-refractivity contribution >= 4 is 0 Å². The smallest absolute Gasteiger partial charge is 0.0791 e. The fourth-order valence-corrected chi connectivity index (χ4v) is 1.65. The zero-order valence-electron chi connectivity index (χ0n) is 9.37. The van der Waals surface area contributed by atoms with Crippen molar-refractivity contribution in [2.45, 2.75) is 18.9 Å². The number of aromatic nitrogens is 3. The van der Waals surface area contributed by atoms with Crippen molar-refractivity contribution in [1.82, 2.24) is 14.8 Å². The maximum absolute atomic E-state index is 6.06. The van der Waals surface area contributed by atoms with Crippen LogP contribution < -0.4 is 5.73 Å². The van der Waals surface area contributed by atoms with Gasteiger partial charge < -0.3 is 5.73 Å². The summed E-state index contributed by atoms with van der Waals surface area (Å²) in [6, 6.07) is 5.98. The topological polar surface area (TPSA) is 56.7 Å². The Bertz CT molecular complexity index is 435. The number of nitrogens with two attached hydrogens (primary N) is 1. The van der Waals surface area contributed by atoms with E-state index in [1.54, 1.807) is 10.9 Å². The van der Waals surface area contributed by atoms with Crippen molar-refractivity contribution in [3.63, 3.8) is 0 Å². The summed E-state index contributed by atoms with van der Waals surface area (Å²) in [4.78, 5) is 4.08. The van der Waals surface area contributed by atoms with Gasteiger partial charge in [0.1, 0.15) is 0 Å². The lowest BCUT2D eigenvalue weighted by atomic mass is 10.1. The van der Waals surface area contributed by atoms with Crippen LogP contribution in [0.4, 0.5) is 0 Å². The predicted octanol–water partition coefficient (Wildman–Crippen LogP) is 1.45. The molecule has 2 N–H and O–H groups in total. The van der Waals surface area contributed by atoms with Gasteiger partial charge in [0.25, 0.3) is 0 Å². The molecule has 0 saturated carbocycles. The Kier molecular flexibility index (Phi) is 3.31. The lowest BCUT2D eigenvalue weighted by Crippen LogP contribution is -2.12. The first kappa shape index (κ1) is 10.8. The third-order valence-electron chi connectivity index (χ3n) is 2.58. The van der Waals surface area contributed by atoms with Gasteiger partial charge in [0, 0.05) is 31.7 Å². The first-order chi connectivity index (χ1) is 7.75. The van der Waals surface area contributed by atoms with Crippen molar-refractivity contribution in [2.75, 3.05) is 0 Å². The number of hydrogen-bond acceptors (Lipinski definition) is 3. The van der Waals surface area contributed by atoms with Crippen LogP contribution in [0, 0.1) is 0 Å². The minimum Gasteiger partial charge on any atom is -0.323 e. The average Bonchev–Trinajstić information content (AvgIpc) is 2.74. The SMILES string of the molecule is Cn1ccc(C(N)CCc2cccnc2)n1. The summed E-state index contributed by atoms with van der Waals surface area (Å²) in [5.41, 5.74) is 8.23. The molecule has 0 spiro atoms. The van der Waals surface area contributed by atoms with Crippen LogP contribution in [-0.4, -0.2) is 14.8 Å². The van der Waals surface area contributed by atoms with Gasteiger partial charge in [-0.25, -0.2) is 0 Å². The Morgan fingerprint density at radius 3 is 2.94 bits per heavy atom. The summed E-state index contributed by atoms with van der Waals surface area (Å²) >= 11 is 0. The maximum atomic E-state index is 6.06. The molecule has 2 heterocycles. The number of aryl methyl sites for hydroxylation is 2. The molecule has 1 atom stereocenters. The number of nitrogens with zero attached hydrogens (tertiary/aromatic N) is 3. The molecular formula is C12H16N4. The minimum absolute atomic E-state index is 0.00130. The minimum atomic E-state index is 0.00130. The number of rotatable bonds is 4. The molecule has 2 aromatic rings. The Morgan fingerprint density at radius 1 is 1.44 bits per heavy atom. The summed E-state index contributed by atoms with van der Waals surface area (Å²) in [7, 11) is 1.90. The van der Waals surface area contributed by atoms with Gasteiger partial charge in [-0.3, -0.25) is 9.67 Å². The fourth-order valence-electron chi connectivity index (χ4n) is 1.65. The first-order valence-corrected chi connectivity index (χ1v) is 5.40. The Labute approximate surface area is 95.1 Å². The molecule has 0 aliphatic heterocycles. The summed E-state index contributed by atoms with van der Waals surface area (Å²) in [5, 5.41) is 4.30. The van der Waals surface area contributed by atoms with E-state index in [1.807, 2.05) is 31.6 Å². The average molecular weight is 216 g/mol. The van der Waals surface area contributed by atoms with Crippen molar-refractivity contribution in [3.05, 3.63) is 48.0 Å². The second-order valence-electron chi connectivity index (χ2n) is 3.92. The van der Waals surface area contributed by atoms with Crippen LogP contribution in [0.5, 0.6) is 0 Å². The number of pyridine rings is 1. The van der Waals surface area contributed by atoms with Gasteiger partial charge in [-0.05, 0) is 30.5 Å². The summed E-state index contributed by atoms with van der Waals surface area (Å²) < 4.78 is 1.78. The van der Waals surface area contributed by atoms with Crippen molar-refractivity contribution in [1.29, 1.82) is 0 Å². The van der Waals surface area contributed by atoms with Gasteiger partial charge in [0.15, 0.2) is 0 Å². The van der Waals surface area contributed by atoms with E-state index in [1.165, 1.54) is 5.56 Å². The molecule has 2 rings (SSSR count). The molecule has 0 aliphatic rings. The van der Waals surface area contributed by atoms with Gasteiger partial charge in [-0.2, -0.15) is 5.10 Å². The van der Waals surface area contributed by atoms with Crippen LogP contribution in [0.1, 0.15) is 23.7 Å². The standard InChI is InChI=1S/C12H16N4/c1-16-8-6-12(15-16)11(13)5-4-10-3-2-7-14-9-10/h2-3,6-9,11H,4-5,13H2,1H3. The third kappa shape index (κ3) is 2.67. The van der Waals surface area contributed by atoms with E-state index in [9.17, 15) is 0 Å². The molecule has 1 unspecified atom stereocenters. The molecule has 4 heteroatoms. The van der Waals surface area contributed by atoms with Gasteiger partial charge >= 0.3 is 0 Å². The van der Waals surface area contributed by atoms with Crippen molar-refractivity contribution < 1.29 is 0 Å². The van der Waals surface area contributed by atoms with E-state index in [4.69, 9.17) is 5.73 Å². The zero-order chi connectivity index (χ0) is 11.4. The first-order valence-electron chi connectivity index (χ1n) is 5.40. The summed E-state index contributed by atoms with van der Waals surface area (Å²) in [6.07, 6.45) is 7.40. The zero-order valence-corrected chi connectivity index (χ0v) is 9.37. The molecule has 0 saturated heterocycles. The van der Waals surface area contributed by atoms with E-state index in [0.717, 1.165) is 18.5 Å². The van der Waals surface area contributed by atoms with E-state index in [0.29, 0.717) is 0 Å². The molecule has 0 bridgehead atoms. The van der Waals surface area contributed by atoms with Gasteiger partial charge in [-0.1, -0.05) is 6.07 Å². The molecular weight excluding hydrogens is 200 g/mol. The molecule has 84 valence electrons. The molecule has 16 heavy (non-hydrogen) atoms. The van der Waals surface area contributed by atoms with Crippen LogP contribution in [-0.2, 0) is 13.5 Å². The second-order valence-corrected chi connectivity index (χ2v) is 3.92. The quantitative estimate of drug-likeness (QED) is 0.841. The highest BCUT2D eigenvalue weighted by Crippen LogP contribution is 2.14. The highest BCUT2D eigenvalue weighted by Gasteiger charge is 2.08. The third-order valence-corrected chi connectivity index (χ3v) is 2.58. The normalized spacial score (nSPS) is 12.6. The molecule has 0 fully saturated rings. The highest BCUT2D eigenvalue weighted by atomic mass is 15.3. The molecule has 4 nitrogen and oxygen atoms in total. The van der Waals surface area contributed by atoms with E-state index in [-0.39, 0.29) is 6.04 Å². The lowest BCUT2D eigenvalue weighted by Gasteiger charge is -2.08. The van der Waals surface area contributed by atoms with Crippen LogP contribution >= 0.6 is 0 Å². The number of hydrogen-bond donors (Lipinski definition) is 1. The van der Waals surface area contributed by atoms with Crippen LogP contribution in [0.25, 0.3) is 0 Å². The Morgan fingerprint density at radius 2 is 2.31 bits per heavy atom. The van der Waals surface area contributed by atoms with Crippen molar-refractivity contribution in [3.8, 4) is 0 Å². The van der Waals surface area contributed by atoms with E-state index in [2.05, 4.69) is 16.1 Å². The molecule has 2 aromatic heterocycles. The fraction of sp³-hybridized carbons (Fsp3) is 0.333. The highest BCUT2D eigenvalue weighted by molar-refractivity contribution is 5.10. The van der Waals surface area contributed by atoms with Crippen LogP contribution in [0.2, 0.25) is 0 Å². The predicted molar refractivity (Wildman–Crippen MR) is 62.7 cm³/mol. The van der Waals surface area contributed by atoms with E-state index < -0.39 is 0 Å².